The van der Waals surface area contributed by atoms with Gasteiger partial charge >= 0.3 is 5.97 Å². The Bertz CT molecular complexity index is 449. The Morgan fingerprint density at radius 2 is 1.60 bits per heavy atom. The largest absolute Gasteiger partial charge is 0.478 e. The highest BCUT2D eigenvalue weighted by atomic mass is 16.4. The zero-order valence-electron chi connectivity index (χ0n) is 13.7. The summed E-state index contributed by atoms with van der Waals surface area (Å²) in [7, 11) is 0. The molecule has 1 rings (SSSR count). The first-order valence-electron chi connectivity index (χ1n) is 7.40. The van der Waals surface area contributed by atoms with Crippen molar-refractivity contribution in [2.45, 2.75) is 60.3 Å². The lowest BCUT2D eigenvalue weighted by Crippen LogP contribution is -2.26. The molecular formula is C18H28O2. The van der Waals surface area contributed by atoms with Crippen LogP contribution in [0.25, 0.3) is 0 Å². The summed E-state index contributed by atoms with van der Waals surface area (Å²) in [6.45, 7) is 13.6. The molecular weight excluding hydrogens is 248 g/mol. The van der Waals surface area contributed by atoms with Crippen molar-refractivity contribution >= 4 is 5.97 Å². The zero-order valence-corrected chi connectivity index (χ0v) is 13.7. The van der Waals surface area contributed by atoms with Crippen molar-refractivity contribution in [2.24, 2.45) is 10.8 Å². The molecule has 0 spiro atoms. The molecule has 0 heterocycles. The van der Waals surface area contributed by atoms with Crippen LogP contribution in [0.4, 0.5) is 0 Å². The predicted molar refractivity (Wildman–Crippen MR) is 84.3 cm³/mol. The minimum absolute atomic E-state index is 0.206. The molecule has 0 aromatic heterocycles. The quantitative estimate of drug-likeness (QED) is 0.788. The fraction of sp³-hybridized carbons (Fsp3) is 0.611. The molecule has 112 valence electrons. The van der Waals surface area contributed by atoms with E-state index in [1.807, 2.05) is 12.1 Å². The van der Waals surface area contributed by atoms with Gasteiger partial charge in [0.15, 0.2) is 0 Å². The Labute approximate surface area is 123 Å². The molecule has 1 atom stereocenters. The Kier molecular flexibility index (Phi) is 5.01. The third-order valence-corrected chi connectivity index (χ3v) is 4.23. The lowest BCUT2D eigenvalue weighted by atomic mass is 9.67. The van der Waals surface area contributed by atoms with Gasteiger partial charge in [0, 0.05) is 0 Å². The average Bonchev–Trinajstić information content (AvgIpc) is 2.35. The summed E-state index contributed by atoms with van der Waals surface area (Å²) in [6.07, 6.45) is 2.20. The van der Waals surface area contributed by atoms with E-state index in [-0.39, 0.29) is 10.8 Å². The van der Waals surface area contributed by atoms with E-state index in [1.165, 1.54) is 5.56 Å². The maximum Gasteiger partial charge on any atom is 0.335 e. The lowest BCUT2D eigenvalue weighted by Gasteiger charge is -2.38. The van der Waals surface area contributed by atoms with Crippen molar-refractivity contribution in [3.63, 3.8) is 0 Å². The second-order valence-corrected chi connectivity index (χ2v) is 7.59. The highest BCUT2D eigenvalue weighted by Gasteiger charge is 2.32. The predicted octanol–water partition coefficient (Wildman–Crippen LogP) is 5.34. The first kappa shape index (κ1) is 16.7. The molecule has 0 saturated carbocycles. The molecule has 20 heavy (non-hydrogen) atoms. The molecule has 0 fully saturated rings. The van der Waals surface area contributed by atoms with Crippen LogP contribution in [0, 0.1) is 10.8 Å². The summed E-state index contributed by atoms with van der Waals surface area (Å²) >= 11 is 0. The molecule has 0 aliphatic carbocycles. The van der Waals surface area contributed by atoms with Gasteiger partial charge in [-0.15, -0.1) is 0 Å². The summed E-state index contributed by atoms with van der Waals surface area (Å²) < 4.78 is 0. The number of carboxylic acid groups (broad SMARTS) is 1. The number of hydrogen-bond donors (Lipinski definition) is 1. The van der Waals surface area contributed by atoms with Crippen LogP contribution in [0.3, 0.4) is 0 Å². The smallest absolute Gasteiger partial charge is 0.335 e. The molecule has 0 aliphatic rings. The maximum atomic E-state index is 11.0. The fourth-order valence-corrected chi connectivity index (χ4v) is 2.56. The van der Waals surface area contributed by atoms with Crippen LogP contribution in [0.2, 0.25) is 0 Å². The summed E-state index contributed by atoms with van der Waals surface area (Å²) in [5.74, 6) is -0.422. The van der Waals surface area contributed by atoms with Crippen molar-refractivity contribution in [3.8, 4) is 0 Å². The summed E-state index contributed by atoms with van der Waals surface area (Å²) in [5, 5.41) is 9.01. The normalized spacial score (nSPS) is 14.1. The van der Waals surface area contributed by atoms with Gasteiger partial charge in [0.25, 0.3) is 0 Å². The van der Waals surface area contributed by atoms with Crippen LogP contribution < -0.4 is 0 Å². The Balaban J connectivity index is 3.13. The zero-order chi connectivity index (χ0) is 15.6. The summed E-state index contributed by atoms with van der Waals surface area (Å²) in [5.41, 5.74) is 2.06. The van der Waals surface area contributed by atoms with Crippen LogP contribution in [0.5, 0.6) is 0 Å². The molecule has 1 N–H and O–H groups in total. The Morgan fingerprint density at radius 1 is 1.10 bits per heavy atom. The van der Waals surface area contributed by atoms with Gasteiger partial charge < -0.3 is 5.11 Å². The van der Waals surface area contributed by atoms with Gasteiger partial charge in [0.1, 0.15) is 0 Å². The second kappa shape index (κ2) is 5.99. The topological polar surface area (TPSA) is 37.3 Å². The molecule has 1 aromatic rings. The molecule has 0 bridgehead atoms. The van der Waals surface area contributed by atoms with Crippen molar-refractivity contribution in [2.75, 3.05) is 0 Å². The maximum absolute atomic E-state index is 11.0. The Morgan fingerprint density at radius 3 is 1.95 bits per heavy atom. The van der Waals surface area contributed by atoms with E-state index in [4.69, 9.17) is 5.11 Å². The first-order valence-corrected chi connectivity index (χ1v) is 7.40. The molecule has 0 radical (unpaired) electrons. The van der Waals surface area contributed by atoms with Crippen molar-refractivity contribution in [1.82, 2.24) is 0 Å². The van der Waals surface area contributed by atoms with Crippen LogP contribution in [0.1, 0.15) is 76.2 Å². The molecule has 1 aromatic carbocycles. The van der Waals surface area contributed by atoms with Gasteiger partial charge in [-0.05, 0) is 40.9 Å². The number of carboxylic acids is 1. The number of benzene rings is 1. The highest BCUT2D eigenvalue weighted by Crippen LogP contribution is 2.45. The first-order chi connectivity index (χ1) is 9.07. The van der Waals surface area contributed by atoms with E-state index in [2.05, 4.69) is 41.5 Å². The van der Waals surface area contributed by atoms with Crippen molar-refractivity contribution < 1.29 is 9.90 Å². The minimum Gasteiger partial charge on any atom is -0.478 e. The van der Waals surface area contributed by atoms with Gasteiger partial charge in [-0.25, -0.2) is 4.79 Å². The molecule has 2 nitrogen and oxygen atoms in total. The van der Waals surface area contributed by atoms with Gasteiger partial charge in [-0.1, -0.05) is 60.1 Å². The molecule has 0 amide bonds. The van der Waals surface area contributed by atoms with E-state index >= 15 is 0 Å². The monoisotopic (exact) mass is 276 g/mol. The molecule has 0 saturated heterocycles. The van der Waals surface area contributed by atoms with E-state index < -0.39 is 5.97 Å². The van der Waals surface area contributed by atoms with Crippen LogP contribution >= 0.6 is 0 Å². The van der Waals surface area contributed by atoms with Crippen LogP contribution in [-0.4, -0.2) is 11.1 Å². The summed E-state index contributed by atoms with van der Waals surface area (Å²) in [4.78, 5) is 11.0. The second-order valence-electron chi connectivity index (χ2n) is 7.59. The highest BCUT2D eigenvalue weighted by molar-refractivity contribution is 5.87. The van der Waals surface area contributed by atoms with Crippen LogP contribution in [-0.2, 0) is 0 Å². The molecule has 2 heteroatoms. The number of aromatic carboxylic acids is 1. The minimum atomic E-state index is -0.862. The van der Waals surface area contributed by atoms with E-state index in [9.17, 15) is 4.79 Å². The number of hydrogen-bond acceptors (Lipinski definition) is 1. The van der Waals surface area contributed by atoms with E-state index in [0.717, 1.165) is 12.8 Å². The molecule has 1 unspecified atom stereocenters. The Hall–Kier alpha value is -1.31. The van der Waals surface area contributed by atoms with E-state index in [1.54, 1.807) is 12.1 Å². The van der Waals surface area contributed by atoms with Gasteiger partial charge in [-0.2, -0.15) is 0 Å². The van der Waals surface area contributed by atoms with E-state index in [0.29, 0.717) is 11.5 Å². The van der Waals surface area contributed by atoms with Gasteiger partial charge in [-0.3, -0.25) is 0 Å². The van der Waals surface area contributed by atoms with Gasteiger partial charge in [0.05, 0.1) is 5.56 Å². The van der Waals surface area contributed by atoms with Crippen molar-refractivity contribution in [3.05, 3.63) is 35.4 Å². The van der Waals surface area contributed by atoms with Crippen LogP contribution in [0.15, 0.2) is 24.3 Å². The SMILES string of the molecule is CCC(C)(C)C(CC(C)(C)C)c1ccc(C(=O)O)cc1. The summed E-state index contributed by atoms with van der Waals surface area (Å²) in [6, 6.07) is 7.41. The van der Waals surface area contributed by atoms with Crippen molar-refractivity contribution in [1.29, 1.82) is 0 Å². The fourth-order valence-electron chi connectivity index (χ4n) is 2.56. The number of carbonyl (C=O) groups is 1. The van der Waals surface area contributed by atoms with Gasteiger partial charge in [0.2, 0.25) is 0 Å². The number of rotatable bonds is 5. The third kappa shape index (κ3) is 4.36. The lowest BCUT2D eigenvalue weighted by molar-refractivity contribution is 0.0697. The molecule has 0 aliphatic heterocycles. The average molecular weight is 276 g/mol. The third-order valence-electron chi connectivity index (χ3n) is 4.23. The standard InChI is InChI=1S/C18H28O2/c1-7-18(5,6)15(12-17(2,3)4)13-8-10-14(11-9-13)16(19)20/h8-11,15H,7,12H2,1-6H3,(H,19,20).